The molecule has 0 saturated carbocycles. The summed E-state index contributed by atoms with van der Waals surface area (Å²) >= 11 is 1.54. The van der Waals surface area contributed by atoms with Crippen molar-refractivity contribution >= 4 is 33.4 Å². The van der Waals surface area contributed by atoms with Crippen LogP contribution in [0, 0.1) is 6.92 Å². The van der Waals surface area contributed by atoms with Crippen molar-refractivity contribution in [3.63, 3.8) is 0 Å². The summed E-state index contributed by atoms with van der Waals surface area (Å²) in [6.07, 6.45) is 4.43. The van der Waals surface area contributed by atoms with Crippen LogP contribution in [0.15, 0.2) is 82.6 Å². The van der Waals surface area contributed by atoms with Gasteiger partial charge in [0.25, 0.3) is 10.0 Å². The molecule has 1 saturated heterocycles. The van der Waals surface area contributed by atoms with Gasteiger partial charge >= 0.3 is 0 Å². The lowest BCUT2D eigenvalue weighted by Crippen LogP contribution is -2.40. The number of rotatable bonds is 10. The van der Waals surface area contributed by atoms with Crippen molar-refractivity contribution in [3.8, 4) is 0 Å². The molecule has 0 bridgehead atoms. The van der Waals surface area contributed by atoms with Crippen LogP contribution in [-0.4, -0.2) is 45.1 Å². The van der Waals surface area contributed by atoms with E-state index in [4.69, 9.17) is 0 Å². The first kappa shape index (κ1) is 26.3. The highest BCUT2D eigenvalue weighted by Crippen LogP contribution is 2.26. The SMILES string of the molecule is CSc1ccc(S(=O)(=O)N(CC(=O)NCc2cccc(CN3CCCC3)c2)c2ccc(C)cc2)cc1. The number of carbonyl (C=O) groups is 1. The van der Waals surface area contributed by atoms with E-state index in [-0.39, 0.29) is 17.3 Å². The number of sulfonamides is 1. The Morgan fingerprint density at radius 3 is 2.31 bits per heavy atom. The predicted molar refractivity (Wildman–Crippen MR) is 147 cm³/mol. The second-order valence-corrected chi connectivity index (χ2v) is 11.8. The lowest BCUT2D eigenvalue weighted by atomic mass is 10.1. The molecule has 36 heavy (non-hydrogen) atoms. The minimum Gasteiger partial charge on any atom is -0.350 e. The van der Waals surface area contributed by atoms with Crippen molar-refractivity contribution in [2.75, 3.05) is 30.2 Å². The highest BCUT2D eigenvalue weighted by Gasteiger charge is 2.27. The summed E-state index contributed by atoms with van der Waals surface area (Å²) in [7, 11) is -3.93. The normalized spacial score (nSPS) is 14.1. The first-order valence-corrected chi connectivity index (χ1v) is 14.8. The first-order chi connectivity index (χ1) is 17.3. The summed E-state index contributed by atoms with van der Waals surface area (Å²) in [4.78, 5) is 16.5. The molecule has 1 aliphatic rings. The standard InChI is InChI=1S/C28H33N3O3S2/c1-22-8-10-25(11-9-22)31(36(33,34)27-14-12-26(35-2)13-15-27)21-28(32)29-19-23-6-5-7-24(18-23)20-30-16-3-4-17-30/h5-15,18H,3-4,16-17,19-21H2,1-2H3,(H,29,32). The van der Waals surface area contributed by atoms with Crippen LogP contribution < -0.4 is 9.62 Å². The molecular weight excluding hydrogens is 490 g/mol. The summed E-state index contributed by atoms with van der Waals surface area (Å²) in [5, 5.41) is 2.91. The molecule has 1 N–H and O–H groups in total. The molecule has 0 radical (unpaired) electrons. The second kappa shape index (κ2) is 12.0. The number of carbonyl (C=O) groups excluding carboxylic acids is 1. The van der Waals surface area contributed by atoms with Crippen LogP contribution in [0.5, 0.6) is 0 Å². The van der Waals surface area contributed by atoms with Crippen molar-refractivity contribution in [1.82, 2.24) is 10.2 Å². The molecule has 4 rings (SSSR count). The summed E-state index contributed by atoms with van der Waals surface area (Å²) in [5.74, 6) is -0.357. The van der Waals surface area contributed by atoms with Gasteiger partial charge in [-0.05, 0) is 86.6 Å². The van der Waals surface area contributed by atoms with Gasteiger partial charge in [0.2, 0.25) is 5.91 Å². The van der Waals surface area contributed by atoms with Crippen LogP contribution in [0.3, 0.4) is 0 Å². The smallest absolute Gasteiger partial charge is 0.264 e. The molecule has 1 heterocycles. The van der Waals surface area contributed by atoms with Crippen LogP contribution >= 0.6 is 11.8 Å². The van der Waals surface area contributed by atoms with E-state index in [9.17, 15) is 13.2 Å². The number of nitrogens with one attached hydrogen (secondary N) is 1. The molecule has 1 amide bonds. The number of thioether (sulfide) groups is 1. The van der Waals surface area contributed by atoms with E-state index in [0.29, 0.717) is 12.2 Å². The number of hydrogen-bond donors (Lipinski definition) is 1. The maximum absolute atomic E-state index is 13.6. The second-order valence-electron chi connectivity index (χ2n) is 9.10. The Hall–Kier alpha value is -2.81. The number of amides is 1. The maximum Gasteiger partial charge on any atom is 0.264 e. The lowest BCUT2D eigenvalue weighted by Gasteiger charge is -2.24. The quantitative estimate of drug-likeness (QED) is 0.386. The topological polar surface area (TPSA) is 69.7 Å². The fraction of sp³-hybridized carbons (Fsp3) is 0.321. The Balaban J connectivity index is 1.48. The molecule has 1 fully saturated rings. The van der Waals surface area contributed by atoms with Gasteiger partial charge in [0.1, 0.15) is 6.54 Å². The average Bonchev–Trinajstić information content (AvgIpc) is 3.40. The molecule has 3 aromatic rings. The van der Waals surface area contributed by atoms with Gasteiger partial charge < -0.3 is 5.32 Å². The molecule has 0 unspecified atom stereocenters. The summed E-state index contributed by atoms with van der Waals surface area (Å²) < 4.78 is 28.3. The number of likely N-dealkylation sites (tertiary alicyclic amines) is 1. The third-order valence-corrected chi connectivity index (χ3v) is 8.87. The molecule has 190 valence electrons. The lowest BCUT2D eigenvalue weighted by molar-refractivity contribution is -0.119. The highest BCUT2D eigenvalue weighted by molar-refractivity contribution is 7.98. The number of anilines is 1. The Bertz CT molecular complexity index is 1270. The molecule has 3 aromatic carbocycles. The van der Waals surface area contributed by atoms with Crippen LogP contribution in [0.2, 0.25) is 0 Å². The van der Waals surface area contributed by atoms with Crippen molar-refractivity contribution in [2.45, 2.75) is 42.6 Å². The van der Waals surface area contributed by atoms with Gasteiger partial charge in [0.15, 0.2) is 0 Å². The maximum atomic E-state index is 13.6. The van der Waals surface area contributed by atoms with E-state index in [2.05, 4.69) is 22.3 Å². The summed E-state index contributed by atoms with van der Waals surface area (Å²) in [6.45, 7) is 5.15. The zero-order chi connectivity index (χ0) is 25.5. The van der Waals surface area contributed by atoms with Crippen molar-refractivity contribution in [2.24, 2.45) is 0 Å². The van der Waals surface area contributed by atoms with E-state index < -0.39 is 10.0 Å². The minimum atomic E-state index is -3.93. The summed E-state index contributed by atoms with van der Waals surface area (Å²) in [6, 6.07) is 22.1. The molecule has 1 aliphatic heterocycles. The van der Waals surface area contributed by atoms with Crippen LogP contribution in [0.25, 0.3) is 0 Å². The third-order valence-electron chi connectivity index (χ3n) is 6.34. The molecular formula is C28H33N3O3S2. The number of nitrogens with zero attached hydrogens (tertiary/aromatic N) is 2. The molecule has 0 aromatic heterocycles. The average molecular weight is 524 g/mol. The van der Waals surface area contributed by atoms with Gasteiger partial charge in [-0.3, -0.25) is 14.0 Å². The van der Waals surface area contributed by atoms with Gasteiger partial charge in [-0.2, -0.15) is 0 Å². The zero-order valence-corrected chi connectivity index (χ0v) is 22.4. The fourth-order valence-corrected chi connectivity index (χ4v) is 6.15. The van der Waals surface area contributed by atoms with E-state index in [1.54, 1.807) is 48.2 Å². The predicted octanol–water partition coefficient (Wildman–Crippen LogP) is 4.82. The van der Waals surface area contributed by atoms with Crippen molar-refractivity contribution in [1.29, 1.82) is 0 Å². The van der Waals surface area contributed by atoms with Gasteiger partial charge in [0.05, 0.1) is 10.6 Å². The minimum absolute atomic E-state index is 0.156. The van der Waals surface area contributed by atoms with Crippen molar-refractivity contribution < 1.29 is 13.2 Å². The largest absolute Gasteiger partial charge is 0.350 e. The Kier molecular flexibility index (Phi) is 8.72. The van der Waals surface area contributed by atoms with E-state index in [1.807, 2.05) is 37.4 Å². The summed E-state index contributed by atoms with van der Waals surface area (Å²) in [5.41, 5.74) is 3.69. The Morgan fingerprint density at radius 2 is 1.64 bits per heavy atom. The number of aryl methyl sites for hydroxylation is 1. The van der Waals surface area contributed by atoms with Gasteiger partial charge in [-0.25, -0.2) is 8.42 Å². The molecule has 0 atom stereocenters. The number of benzene rings is 3. The van der Waals surface area contributed by atoms with E-state index in [1.165, 1.54) is 22.7 Å². The fourth-order valence-electron chi connectivity index (χ4n) is 4.32. The highest BCUT2D eigenvalue weighted by atomic mass is 32.2. The number of hydrogen-bond acceptors (Lipinski definition) is 5. The molecule has 8 heteroatoms. The van der Waals surface area contributed by atoms with E-state index >= 15 is 0 Å². The Labute approximate surface area is 218 Å². The van der Waals surface area contributed by atoms with Crippen LogP contribution in [-0.2, 0) is 27.9 Å². The first-order valence-electron chi connectivity index (χ1n) is 12.2. The van der Waals surface area contributed by atoms with E-state index in [0.717, 1.165) is 35.7 Å². The molecule has 0 aliphatic carbocycles. The van der Waals surface area contributed by atoms with Gasteiger partial charge in [-0.1, -0.05) is 42.0 Å². The molecule has 0 spiro atoms. The van der Waals surface area contributed by atoms with Crippen molar-refractivity contribution in [3.05, 3.63) is 89.5 Å². The van der Waals surface area contributed by atoms with Gasteiger partial charge in [0, 0.05) is 18.0 Å². The monoisotopic (exact) mass is 523 g/mol. The Morgan fingerprint density at radius 1 is 0.972 bits per heavy atom. The van der Waals surface area contributed by atoms with Gasteiger partial charge in [-0.15, -0.1) is 11.8 Å². The molecule has 6 nitrogen and oxygen atoms in total. The third kappa shape index (κ3) is 6.69. The zero-order valence-electron chi connectivity index (χ0n) is 20.8. The van der Waals surface area contributed by atoms with Crippen LogP contribution in [0.1, 0.15) is 29.5 Å². The van der Waals surface area contributed by atoms with Crippen LogP contribution in [0.4, 0.5) is 5.69 Å².